The molecule has 0 spiro atoms. The monoisotopic (exact) mass is 376 g/mol. The van der Waals surface area contributed by atoms with Crippen LogP contribution in [0.3, 0.4) is 0 Å². The summed E-state index contributed by atoms with van der Waals surface area (Å²) in [6.07, 6.45) is 4.18. The first-order valence-corrected chi connectivity index (χ1v) is 10.8. The quantitative estimate of drug-likeness (QED) is 0.314. The van der Waals surface area contributed by atoms with Crippen molar-refractivity contribution >= 4 is 29.1 Å². The van der Waals surface area contributed by atoms with Crippen LogP contribution >= 0.6 is 23.1 Å². The number of benzene rings is 1. The van der Waals surface area contributed by atoms with E-state index in [1.165, 1.54) is 21.0 Å². The van der Waals surface area contributed by atoms with Crippen LogP contribution in [0.5, 0.6) is 0 Å². The number of guanidine groups is 1. The molecule has 2 N–H and O–H groups in total. The molecule has 0 saturated heterocycles. The van der Waals surface area contributed by atoms with Crippen LogP contribution in [-0.4, -0.2) is 30.3 Å². The summed E-state index contributed by atoms with van der Waals surface area (Å²) in [6, 6.07) is 6.56. The Morgan fingerprint density at radius 1 is 1.28 bits per heavy atom. The highest BCUT2D eigenvalue weighted by atomic mass is 32.2. The number of hydrogen-bond acceptors (Lipinski definition) is 4. The Morgan fingerprint density at radius 2 is 2.12 bits per heavy atom. The lowest BCUT2D eigenvalue weighted by atomic mass is 10.1. The number of nitrogens with zero attached hydrogens (tertiary/aromatic N) is 2. The maximum Gasteiger partial charge on any atom is 0.191 e. The molecule has 0 fully saturated rings. The van der Waals surface area contributed by atoms with E-state index in [0.29, 0.717) is 6.54 Å². The lowest BCUT2D eigenvalue weighted by Gasteiger charge is -2.12. The Kier molecular flexibility index (Phi) is 8.28. The lowest BCUT2D eigenvalue weighted by Crippen LogP contribution is -2.37. The molecule has 25 heavy (non-hydrogen) atoms. The average molecular weight is 377 g/mol. The molecule has 1 heterocycles. The summed E-state index contributed by atoms with van der Waals surface area (Å²) < 4.78 is 0. The van der Waals surface area contributed by atoms with E-state index in [9.17, 15) is 0 Å². The van der Waals surface area contributed by atoms with Crippen molar-refractivity contribution in [2.24, 2.45) is 4.99 Å². The van der Waals surface area contributed by atoms with Crippen LogP contribution in [0.25, 0.3) is 0 Å². The van der Waals surface area contributed by atoms with Crippen molar-refractivity contribution in [3.63, 3.8) is 0 Å². The number of aliphatic imine (C=N–C) groups is 1. The molecule has 2 rings (SSSR count). The van der Waals surface area contributed by atoms with E-state index >= 15 is 0 Å². The molecule has 0 saturated carbocycles. The Hall–Kier alpha value is -1.53. The number of aryl methyl sites for hydroxylation is 3. The van der Waals surface area contributed by atoms with Crippen LogP contribution in [0.2, 0.25) is 0 Å². The summed E-state index contributed by atoms with van der Waals surface area (Å²) in [5, 5.41) is 10.1. The van der Waals surface area contributed by atoms with Crippen molar-refractivity contribution in [1.82, 2.24) is 15.6 Å². The Labute approximate surface area is 159 Å². The predicted octanol–water partition coefficient (Wildman–Crippen LogP) is 4.17. The molecule has 0 radical (unpaired) electrons. The first-order valence-electron chi connectivity index (χ1n) is 8.69. The summed E-state index contributed by atoms with van der Waals surface area (Å²) >= 11 is 3.52. The van der Waals surface area contributed by atoms with E-state index in [2.05, 4.69) is 59.3 Å². The molecule has 0 atom stereocenters. The van der Waals surface area contributed by atoms with Gasteiger partial charge in [-0.05, 0) is 50.6 Å². The van der Waals surface area contributed by atoms with Crippen LogP contribution in [0, 0.1) is 13.8 Å². The molecular weight excluding hydrogens is 348 g/mol. The van der Waals surface area contributed by atoms with E-state index in [0.717, 1.165) is 37.6 Å². The largest absolute Gasteiger partial charge is 0.357 e. The smallest absolute Gasteiger partial charge is 0.191 e. The van der Waals surface area contributed by atoms with E-state index in [1.54, 1.807) is 23.1 Å². The molecule has 2 aromatic rings. The number of thioether (sulfide) groups is 1. The summed E-state index contributed by atoms with van der Waals surface area (Å²) in [5.41, 5.74) is 3.68. The van der Waals surface area contributed by atoms with Gasteiger partial charge in [-0.1, -0.05) is 12.1 Å². The maximum atomic E-state index is 4.74. The predicted molar refractivity (Wildman–Crippen MR) is 111 cm³/mol. The molecule has 0 aliphatic carbocycles. The second-order valence-corrected chi connectivity index (χ2v) is 7.71. The van der Waals surface area contributed by atoms with Gasteiger partial charge in [0.05, 0.1) is 11.6 Å². The van der Waals surface area contributed by atoms with Crippen molar-refractivity contribution in [3.05, 3.63) is 45.4 Å². The van der Waals surface area contributed by atoms with Gasteiger partial charge in [0.25, 0.3) is 0 Å². The molecule has 136 valence electrons. The topological polar surface area (TPSA) is 49.3 Å². The zero-order valence-electron chi connectivity index (χ0n) is 15.6. The summed E-state index contributed by atoms with van der Waals surface area (Å²) in [4.78, 5) is 10.6. The van der Waals surface area contributed by atoms with E-state index in [-0.39, 0.29) is 0 Å². The second kappa shape index (κ2) is 10.5. The van der Waals surface area contributed by atoms with Gasteiger partial charge in [0.15, 0.2) is 5.96 Å². The fourth-order valence-electron chi connectivity index (χ4n) is 2.45. The van der Waals surface area contributed by atoms with Crippen molar-refractivity contribution in [3.8, 4) is 0 Å². The van der Waals surface area contributed by atoms with E-state index < -0.39 is 0 Å². The van der Waals surface area contributed by atoms with E-state index in [1.807, 2.05) is 6.92 Å². The third-order valence-electron chi connectivity index (χ3n) is 3.72. The molecule has 0 bridgehead atoms. The molecular formula is C19H28N4S2. The maximum absolute atomic E-state index is 4.74. The van der Waals surface area contributed by atoms with Crippen LogP contribution in [0.4, 0.5) is 0 Å². The molecule has 6 heteroatoms. The van der Waals surface area contributed by atoms with Crippen LogP contribution < -0.4 is 10.6 Å². The molecule has 0 amide bonds. The molecule has 0 aliphatic rings. The van der Waals surface area contributed by atoms with Gasteiger partial charge in [0.2, 0.25) is 0 Å². The fourth-order valence-corrected chi connectivity index (χ4v) is 3.97. The summed E-state index contributed by atoms with van der Waals surface area (Å²) in [7, 11) is 0. The van der Waals surface area contributed by atoms with Gasteiger partial charge >= 0.3 is 0 Å². The van der Waals surface area contributed by atoms with Gasteiger partial charge < -0.3 is 10.6 Å². The van der Waals surface area contributed by atoms with Crippen molar-refractivity contribution in [2.75, 3.05) is 19.3 Å². The zero-order valence-corrected chi connectivity index (χ0v) is 17.2. The standard InChI is InChI=1S/C19H28N4S2/c1-5-20-19(21-10-6-7-18-23-15(3)13-25-18)22-12-16-9-8-14(2)11-17(16)24-4/h8-9,11,13H,5-7,10,12H2,1-4H3,(H2,20,21,22). The van der Waals surface area contributed by atoms with Gasteiger partial charge in [-0.2, -0.15) is 0 Å². The third-order valence-corrected chi connectivity index (χ3v) is 5.57. The zero-order chi connectivity index (χ0) is 18.1. The number of nitrogens with one attached hydrogen (secondary N) is 2. The fraction of sp³-hybridized carbons (Fsp3) is 0.474. The summed E-state index contributed by atoms with van der Waals surface area (Å²) in [5.74, 6) is 0.880. The number of rotatable bonds is 8. The SMILES string of the molecule is CCNC(=NCc1ccc(C)cc1SC)NCCCc1nc(C)cs1. The molecule has 1 aromatic carbocycles. The number of hydrogen-bond donors (Lipinski definition) is 2. The van der Waals surface area contributed by atoms with Crippen molar-refractivity contribution in [1.29, 1.82) is 0 Å². The number of aromatic nitrogens is 1. The minimum Gasteiger partial charge on any atom is -0.357 e. The molecule has 4 nitrogen and oxygen atoms in total. The number of thiazole rings is 1. The second-order valence-electron chi connectivity index (χ2n) is 5.92. The van der Waals surface area contributed by atoms with Gasteiger partial charge in [-0.15, -0.1) is 23.1 Å². The highest BCUT2D eigenvalue weighted by Crippen LogP contribution is 2.22. The third kappa shape index (κ3) is 6.71. The van der Waals surface area contributed by atoms with Crippen LogP contribution in [0.15, 0.2) is 33.5 Å². The first-order chi connectivity index (χ1) is 12.1. The minimum atomic E-state index is 0.692. The molecule has 0 aliphatic heterocycles. The molecule has 0 unspecified atom stereocenters. The Bertz CT molecular complexity index is 694. The average Bonchev–Trinajstić information content (AvgIpc) is 3.02. The van der Waals surface area contributed by atoms with Gasteiger partial charge in [0, 0.05) is 35.5 Å². The lowest BCUT2D eigenvalue weighted by molar-refractivity contribution is 0.740. The normalized spacial score (nSPS) is 11.6. The highest BCUT2D eigenvalue weighted by molar-refractivity contribution is 7.98. The van der Waals surface area contributed by atoms with E-state index in [4.69, 9.17) is 4.99 Å². The van der Waals surface area contributed by atoms with Gasteiger partial charge in [-0.3, -0.25) is 0 Å². The summed E-state index contributed by atoms with van der Waals surface area (Å²) in [6.45, 7) is 8.71. The van der Waals surface area contributed by atoms with Crippen molar-refractivity contribution < 1.29 is 0 Å². The van der Waals surface area contributed by atoms with Crippen molar-refractivity contribution in [2.45, 2.75) is 45.1 Å². The molecule has 1 aromatic heterocycles. The van der Waals surface area contributed by atoms with Crippen LogP contribution in [-0.2, 0) is 13.0 Å². The van der Waals surface area contributed by atoms with Crippen LogP contribution in [0.1, 0.15) is 35.2 Å². The Morgan fingerprint density at radius 3 is 2.80 bits per heavy atom. The highest BCUT2D eigenvalue weighted by Gasteiger charge is 2.03. The Balaban J connectivity index is 1.87. The minimum absolute atomic E-state index is 0.692. The van der Waals surface area contributed by atoms with Gasteiger partial charge in [-0.25, -0.2) is 9.98 Å². The van der Waals surface area contributed by atoms with Gasteiger partial charge in [0.1, 0.15) is 0 Å². The first kappa shape index (κ1) is 19.8.